The normalized spacial score (nSPS) is 11.3. The third kappa shape index (κ3) is 6.50. The summed E-state index contributed by atoms with van der Waals surface area (Å²) in [7, 11) is 1.52. The number of carbonyl (C=O) groups excluding carboxylic acids is 2. The number of hydrogen-bond acceptors (Lipinski definition) is 3. The molecule has 0 saturated carbocycles. The minimum Gasteiger partial charge on any atom is -0.482 e. The standard InChI is InChI=1S/C19H17F3N2O3/c1-23-18(26)14-9-6-13(7-10-14)8-11-17(25)24-15-4-2-3-5-16(15)27-12-19(20,21)22/h2-11H,12H2,1H3,(H,23,26)(H,24,25)/b11-8+. The second-order valence-corrected chi connectivity index (χ2v) is 5.42. The van der Waals surface area contributed by atoms with Crippen molar-refractivity contribution in [3.05, 3.63) is 65.7 Å². The van der Waals surface area contributed by atoms with Crippen LogP contribution in [0.25, 0.3) is 6.08 Å². The highest BCUT2D eigenvalue weighted by Crippen LogP contribution is 2.26. The lowest BCUT2D eigenvalue weighted by molar-refractivity contribution is -0.153. The number of carbonyl (C=O) groups is 2. The Bertz CT molecular complexity index is 831. The zero-order valence-electron chi connectivity index (χ0n) is 14.3. The molecular weight excluding hydrogens is 361 g/mol. The number of para-hydroxylation sites is 2. The van der Waals surface area contributed by atoms with Crippen LogP contribution in [0.3, 0.4) is 0 Å². The fourth-order valence-corrected chi connectivity index (χ4v) is 2.09. The van der Waals surface area contributed by atoms with Gasteiger partial charge in [0.05, 0.1) is 5.69 Å². The van der Waals surface area contributed by atoms with Gasteiger partial charge in [0.2, 0.25) is 5.91 Å². The molecule has 0 fully saturated rings. The average Bonchev–Trinajstić information content (AvgIpc) is 2.65. The molecule has 0 unspecified atom stereocenters. The molecule has 0 aliphatic rings. The quantitative estimate of drug-likeness (QED) is 0.755. The minimum atomic E-state index is -4.47. The van der Waals surface area contributed by atoms with Crippen LogP contribution in [0.4, 0.5) is 18.9 Å². The van der Waals surface area contributed by atoms with E-state index >= 15 is 0 Å². The third-order valence-electron chi connectivity index (χ3n) is 3.36. The predicted molar refractivity (Wildman–Crippen MR) is 95.5 cm³/mol. The molecular formula is C19H17F3N2O3. The molecule has 2 rings (SSSR count). The van der Waals surface area contributed by atoms with E-state index in [1.807, 2.05) is 0 Å². The summed E-state index contributed by atoms with van der Waals surface area (Å²) in [6, 6.07) is 12.4. The molecule has 5 nitrogen and oxygen atoms in total. The molecule has 0 atom stereocenters. The van der Waals surface area contributed by atoms with Crippen LogP contribution in [0.2, 0.25) is 0 Å². The van der Waals surface area contributed by atoms with E-state index < -0.39 is 18.7 Å². The van der Waals surface area contributed by atoms with Crippen molar-refractivity contribution in [1.29, 1.82) is 0 Å². The molecule has 0 radical (unpaired) electrons. The number of ether oxygens (including phenoxy) is 1. The lowest BCUT2D eigenvalue weighted by Gasteiger charge is -2.13. The van der Waals surface area contributed by atoms with E-state index in [4.69, 9.17) is 4.74 Å². The summed E-state index contributed by atoms with van der Waals surface area (Å²) in [4.78, 5) is 23.5. The van der Waals surface area contributed by atoms with Gasteiger partial charge in [0.15, 0.2) is 6.61 Å². The molecule has 2 amide bonds. The molecule has 2 N–H and O–H groups in total. The van der Waals surface area contributed by atoms with Crippen LogP contribution in [-0.2, 0) is 4.79 Å². The Balaban J connectivity index is 2.01. The van der Waals surface area contributed by atoms with Crippen molar-refractivity contribution < 1.29 is 27.5 Å². The van der Waals surface area contributed by atoms with Crippen molar-refractivity contribution >= 4 is 23.6 Å². The summed E-state index contributed by atoms with van der Waals surface area (Å²) in [6.07, 6.45) is -1.73. The van der Waals surface area contributed by atoms with E-state index in [0.29, 0.717) is 11.1 Å². The second-order valence-electron chi connectivity index (χ2n) is 5.42. The number of hydrogen-bond donors (Lipinski definition) is 2. The third-order valence-corrected chi connectivity index (χ3v) is 3.36. The van der Waals surface area contributed by atoms with Crippen LogP contribution >= 0.6 is 0 Å². The van der Waals surface area contributed by atoms with E-state index in [-0.39, 0.29) is 17.3 Å². The van der Waals surface area contributed by atoms with E-state index in [1.165, 1.54) is 37.4 Å². The first-order valence-corrected chi connectivity index (χ1v) is 7.88. The molecule has 0 heterocycles. The largest absolute Gasteiger partial charge is 0.482 e. The van der Waals surface area contributed by atoms with E-state index in [0.717, 1.165) is 0 Å². The fraction of sp³-hybridized carbons (Fsp3) is 0.158. The fourth-order valence-electron chi connectivity index (χ4n) is 2.09. The maximum Gasteiger partial charge on any atom is 0.422 e. The first-order chi connectivity index (χ1) is 12.8. The van der Waals surface area contributed by atoms with Crippen molar-refractivity contribution in [3.8, 4) is 5.75 Å². The molecule has 0 saturated heterocycles. The van der Waals surface area contributed by atoms with E-state index in [9.17, 15) is 22.8 Å². The molecule has 8 heteroatoms. The van der Waals surface area contributed by atoms with Gasteiger partial charge in [-0.05, 0) is 35.9 Å². The maximum absolute atomic E-state index is 12.3. The summed E-state index contributed by atoms with van der Waals surface area (Å²) in [5.74, 6) is -0.835. The number of rotatable bonds is 6. The highest BCUT2D eigenvalue weighted by Gasteiger charge is 2.28. The Kier molecular flexibility index (Phi) is 6.59. The van der Waals surface area contributed by atoms with Crippen LogP contribution in [0.1, 0.15) is 15.9 Å². The van der Waals surface area contributed by atoms with E-state index in [1.54, 1.807) is 30.3 Å². The van der Waals surface area contributed by atoms with Crippen LogP contribution in [0, 0.1) is 0 Å². The average molecular weight is 378 g/mol. The highest BCUT2D eigenvalue weighted by atomic mass is 19.4. The molecule has 2 aromatic carbocycles. The minimum absolute atomic E-state index is 0.0773. The van der Waals surface area contributed by atoms with Gasteiger partial charge in [0.25, 0.3) is 5.91 Å². The van der Waals surface area contributed by atoms with Gasteiger partial charge in [0, 0.05) is 18.7 Å². The van der Waals surface area contributed by atoms with Crippen molar-refractivity contribution in [2.75, 3.05) is 19.0 Å². The predicted octanol–water partition coefficient (Wildman–Crippen LogP) is 3.64. The summed E-state index contributed by atoms with van der Waals surface area (Å²) >= 11 is 0. The van der Waals surface area contributed by atoms with Crippen molar-refractivity contribution in [3.63, 3.8) is 0 Å². The highest BCUT2D eigenvalue weighted by molar-refractivity contribution is 6.02. The van der Waals surface area contributed by atoms with Gasteiger partial charge in [-0.25, -0.2) is 0 Å². The number of amides is 2. The van der Waals surface area contributed by atoms with Gasteiger partial charge in [0.1, 0.15) is 5.75 Å². The molecule has 0 aromatic heterocycles. The van der Waals surface area contributed by atoms with Gasteiger partial charge < -0.3 is 15.4 Å². The number of anilines is 1. The lowest BCUT2D eigenvalue weighted by atomic mass is 10.1. The van der Waals surface area contributed by atoms with Crippen LogP contribution in [-0.4, -0.2) is 31.6 Å². The lowest BCUT2D eigenvalue weighted by Crippen LogP contribution is -2.20. The summed E-state index contributed by atoms with van der Waals surface area (Å²) in [6.45, 7) is -1.45. The summed E-state index contributed by atoms with van der Waals surface area (Å²) in [5.41, 5.74) is 1.29. The van der Waals surface area contributed by atoms with Crippen molar-refractivity contribution in [2.24, 2.45) is 0 Å². The Morgan fingerprint density at radius 1 is 1.07 bits per heavy atom. The zero-order chi connectivity index (χ0) is 19.9. The molecule has 0 aliphatic carbocycles. The second kappa shape index (κ2) is 8.88. The molecule has 2 aromatic rings. The molecule has 142 valence electrons. The van der Waals surface area contributed by atoms with Crippen molar-refractivity contribution in [2.45, 2.75) is 6.18 Å². The molecule has 27 heavy (non-hydrogen) atoms. The van der Waals surface area contributed by atoms with Gasteiger partial charge in [-0.2, -0.15) is 13.2 Å². The Hall–Kier alpha value is -3.29. The molecule has 0 bridgehead atoms. The van der Waals surface area contributed by atoms with Crippen LogP contribution in [0.5, 0.6) is 5.75 Å². The summed E-state index contributed by atoms with van der Waals surface area (Å²) in [5, 5.41) is 4.97. The SMILES string of the molecule is CNC(=O)c1ccc(/C=C/C(=O)Nc2ccccc2OCC(F)(F)F)cc1. The number of alkyl halides is 3. The number of benzene rings is 2. The molecule has 0 aliphatic heterocycles. The first kappa shape index (κ1) is 20.0. The van der Waals surface area contributed by atoms with Crippen LogP contribution < -0.4 is 15.4 Å². The van der Waals surface area contributed by atoms with Gasteiger partial charge in [-0.1, -0.05) is 24.3 Å². The Morgan fingerprint density at radius 3 is 2.37 bits per heavy atom. The number of nitrogens with one attached hydrogen (secondary N) is 2. The number of halogens is 3. The van der Waals surface area contributed by atoms with Crippen LogP contribution in [0.15, 0.2) is 54.6 Å². The van der Waals surface area contributed by atoms with Gasteiger partial charge in [-0.15, -0.1) is 0 Å². The summed E-state index contributed by atoms with van der Waals surface area (Å²) < 4.78 is 41.6. The Labute approximate surface area is 153 Å². The topological polar surface area (TPSA) is 67.4 Å². The maximum atomic E-state index is 12.3. The van der Waals surface area contributed by atoms with Gasteiger partial charge >= 0.3 is 6.18 Å². The molecule has 0 spiro atoms. The smallest absolute Gasteiger partial charge is 0.422 e. The zero-order valence-corrected chi connectivity index (χ0v) is 14.3. The van der Waals surface area contributed by atoms with Crippen molar-refractivity contribution in [1.82, 2.24) is 5.32 Å². The van der Waals surface area contributed by atoms with E-state index in [2.05, 4.69) is 10.6 Å². The first-order valence-electron chi connectivity index (χ1n) is 7.88. The monoisotopic (exact) mass is 378 g/mol. The van der Waals surface area contributed by atoms with Gasteiger partial charge in [-0.3, -0.25) is 9.59 Å². The Morgan fingerprint density at radius 2 is 1.74 bits per heavy atom.